The van der Waals surface area contributed by atoms with Crippen LogP contribution in [0.3, 0.4) is 0 Å². The molecule has 4 heteroatoms. The number of nitrogens with two attached hydrogens (primary N) is 2. The lowest BCUT2D eigenvalue weighted by Crippen LogP contribution is -2.23. The number of nitrogens with one attached hydrogen (secondary N) is 1. The van der Waals surface area contributed by atoms with Crippen LogP contribution in [0, 0.1) is 0 Å². The third kappa shape index (κ3) is 2.40. The molecule has 72 valence electrons. The molecule has 0 aliphatic heterocycles. The second kappa shape index (κ2) is 4.79. The van der Waals surface area contributed by atoms with Crippen LogP contribution in [0.15, 0.2) is 18.3 Å². The summed E-state index contributed by atoms with van der Waals surface area (Å²) < 4.78 is 0. The summed E-state index contributed by atoms with van der Waals surface area (Å²) >= 11 is 0. The van der Waals surface area contributed by atoms with Gasteiger partial charge in [0.1, 0.15) is 0 Å². The molecule has 1 aromatic heterocycles. The van der Waals surface area contributed by atoms with Crippen molar-refractivity contribution in [2.24, 2.45) is 11.5 Å². The van der Waals surface area contributed by atoms with Crippen LogP contribution in [-0.4, -0.2) is 18.1 Å². The Kier molecular flexibility index (Phi) is 3.67. The minimum atomic E-state index is -0.185. The monoisotopic (exact) mass is 180 g/mol. The predicted molar refractivity (Wildman–Crippen MR) is 54.4 cm³/mol. The van der Waals surface area contributed by atoms with Gasteiger partial charge in [0.2, 0.25) is 0 Å². The van der Waals surface area contributed by atoms with Gasteiger partial charge in [0.25, 0.3) is 0 Å². The lowest BCUT2D eigenvalue weighted by atomic mass is 10.1. The molecule has 0 aliphatic carbocycles. The highest BCUT2D eigenvalue weighted by Gasteiger charge is 2.09. The van der Waals surface area contributed by atoms with Gasteiger partial charge in [-0.1, -0.05) is 0 Å². The van der Waals surface area contributed by atoms with E-state index in [0.29, 0.717) is 6.54 Å². The van der Waals surface area contributed by atoms with Crippen molar-refractivity contribution in [1.82, 2.24) is 4.98 Å². The molecular formula is C9H16N4. The van der Waals surface area contributed by atoms with E-state index in [9.17, 15) is 0 Å². The molecule has 0 fully saturated rings. The fourth-order valence-electron chi connectivity index (χ4n) is 1.16. The van der Waals surface area contributed by atoms with Crippen molar-refractivity contribution < 1.29 is 0 Å². The number of aromatic nitrogens is 1. The maximum atomic E-state index is 5.80. The molecule has 0 amide bonds. The van der Waals surface area contributed by atoms with Crippen molar-refractivity contribution in [1.29, 1.82) is 0 Å². The summed E-state index contributed by atoms with van der Waals surface area (Å²) in [6.45, 7) is 3.30. The van der Waals surface area contributed by atoms with E-state index in [1.807, 2.05) is 19.1 Å². The van der Waals surface area contributed by atoms with Crippen molar-refractivity contribution in [2.45, 2.75) is 13.0 Å². The fourth-order valence-corrected chi connectivity index (χ4v) is 1.16. The molecule has 4 nitrogen and oxygen atoms in total. The fraction of sp³-hybridized carbons (Fsp3) is 0.444. The van der Waals surface area contributed by atoms with Crippen LogP contribution < -0.4 is 16.8 Å². The average molecular weight is 180 g/mol. The minimum Gasteiger partial charge on any atom is -0.384 e. The van der Waals surface area contributed by atoms with Gasteiger partial charge < -0.3 is 16.8 Å². The second-order valence-electron chi connectivity index (χ2n) is 2.81. The smallest absolute Gasteiger partial charge is 0.0814 e. The largest absolute Gasteiger partial charge is 0.384 e. The maximum absolute atomic E-state index is 5.80. The van der Waals surface area contributed by atoms with Crippen LogP contribution in [0.5, 0.6) is 0 Å². The minimum absolute atomic E-state index is 0.185. The summed E-state index contributed by atoms with van der Waals surface area (Å²) in [6.07, 6.45) is 1.73. The number of rotatable bonds is 4. The Bertz CT molecular complexity index is 262. The molecular weight excluding hydrogens is 164 g/mol. The zero-order valence-corrected chi connectivity index (χ0v) is 7.83. The number of hydrogen-bond donors (Lipinski definition) is 3. The first-order valence-electron chi connectivity index (χ1n) is 4.44. The molecule has 0 spiro atoms. The van der Waals surface area contributed by atoms with Crippen molar-refractivity contribution in [3.63, 3.8) is 0 Å². The lowest BCUT2D eigenvalue weighted by molar-refractivity contribution is 0.712. The van der Waals surface area contributed by atoms with Crippen molar-refractivity contribution in [3.05, 3.63) is 24.0 Å². The van der Waals surface area contributed by atoms with E-state index in [1.165, 1.54) is 0 Å². The highest BCUT2D eigenvalue weighted by atomic mass is 14.9. The first-order valence-corrected chi connectivity index (χ1v) is 4.44. The van der Waals surface area contributed by atoms with Crippen LogP contribution in [0.25, 0.3) is 0 Å². The van der Waals surface area contributed by atoms with E-state index >= 15 is 0 Å². The average Bonchev–Trinajstić information content (AvgIpc) is 2.18. The van der Waals surface area contributed by atoms with Gasteiger partial charge >= 0.3 is 0 Å². The van der Waals surface area contributed by atoms with Gasteiger partial charge in [0, 0.05) is 19.3 Å². The summed E-state index contributed by atoms with van der Waals surface area (Å²) in [5.74, 6) is 0. The number of anilines is 1. The second-order valence-corrected chi connectivity index (χ2v) is 2.81. The molecule has 0 saturated carbocycles. The summed E-state index contributed by atoms with van der Waals surface area (Å²) in [5, 5.41) is 3.19. The Morgan fingerprint density at radius 1 is 1.62 bits per heavy atom. The van der Waals surface area contributed by atoms with Gasteiger partial charge in [0.15, 0.2) is 0 Å². The normalized spacial score (nSPS) is 12.5. The molecule has 0 saturated heterocycles. The van der Waals surface area contributed by atoms with Gasteiger partial charge in [-0.25, -0.2) is 0 Å². The molecule has 0 aliphatic rings. The standard InChI is InChI=1S/C9H16N4/c1-2-12-8-4-3-5-13-9(8)7(11)6-10/h3-5,7,12H,2,6,10-11H2,1H3. The van der Waals surface area contributed by atoms with Gasteiger partial charge in [-0.3, -0.25) is 4.98 Å². The van der Waals surface area contributed by atoms with Crippen LogP contribution in [0.1, 0.15) is 18.7 Å². The zero-order chi connectivity index (χ0) is 9.68. The quantitative estimate of drug-likeness (QED) is 0.629. The molecule has 1 heterocycles. The first kappa shape index (κ1) is 9.95. The number of nitrogens with zero attached hydrogens (tertiary/aromatic N) is 1. The predicted octanol–water partition coefficient (Wildman–Crippen LogP) is 0.472. The van der Waals surface area contributed by atoms with Gasteiger partial charge in [0.05, 0.1) is 17.4 Å². The van der Waals surface area contributed by atoms with Gasteiger partial charge in [-0.15, -0.1) is 0 Å². The van der Waals surface area contributed by atoms with E-state index in [1.54, 1.807) is 6.20 Å². The summed E-state index contributed by atoms with van der Waals surface area (Å²) in [7, 11) is 0. The third-order valence-electron chi connectivity index (χ3n) is 1.81. The van der Waals surface area contributed by atoms with E-state index in [4.69, 9.17) is 11.5 Å². The van der Waals surface area contributed by atoms with E-state index in [0.717, 1.165) is 17.9 Å². The Labute approximate surface area is 78.3 Å². The van der Waals surface area contributed by atoms with E-state index < -0.39 is 0 Å². The highest BCUT2D eigenvalue weighted by Crippen LogP contribution is 2.16. The number of hydrogen-bond acceptors (Lipinski definition) is 4. The van der Waals surface area contributed by atoms with Gasteiger partial charge in [-0.05, 0) is 19.1 Å². The van der Waals surface area contributed by atoms with E-state index in [-0.39, 0.29) is 6.04 Å². The topological polar surface area (TPSA) is 77.0 Å². The molecule has 13 heavy (non-hydrogen) atoms. The molecule has 1 rings (SSSR count). The molecule has 5 N–H and O–H groups in total. The van der Waals surface area contributed by atoms with Crippen LogP contribution >= 0.6 is 0 Å². The van der Waals surface area contributed by atoms with Crippen molar-refractivity contribution in [3.8, 4) is 0 Å². The Balaban J connectivity index is 2.90. The molecule has 0 bridgehead atoms. The Morgan fingerprint density at radius 2 is 2.38 bits per heavy atom. The highest BCUT2D eigenvalue weighted by molar-refractivity contribution is 5.48. The van der Waals surface area contributed by atoms with Crippen LogP contribution in [0.4, 0.5) is 5.69 Å². The first-order chi connectivity index (χ1) is 6.29. The van der Waals surface area contributed by atoms with Crippen LogP contribution in [0.2, 0.25) is 0 Å². The lowest BCUT2D eigenvalue weighted by Gasteiger charge is -2.13. The molecule has 0 aromatic carbocycles. The Morgan fingerprint density at radius 3 is 3.00 bits per heavy atom. The SMILES string of the molecule is CCNc1cccnc1C(N)CN. The Hall–Kier alpha value is -1.13. The zero-order valence-electron chi connectivity index (χ0n) is 7.83. The molecule has 1 unspecified atom stereocenters. The summed E-state index contributed by atoms with van der Waals surface area (Å²) in [5.41, 5.74) is 13.1. The maximum Gasteiger partial charge on any atom is 0.0814 e. The third-order valence-corrected chi connectivity index (χ3v) is 1.81. The summed E-state index contributed by atoms with van der Waals surface area (Å²) in [4.78, 5) is 4.20. The molecule has 0 radical (unpaired) electrons. The van der Waals surface area contributed by atoms with Crippen molar-refractivity contribution in [2.75, 3.05) is 18.4 Å². The summed E-state index contributed by atoms with van der Waals surface area (Å²) in [6, 6.07) is 3.65. The number of pyridine rings is 1. The van der Waals surface area contributed by atoms with Gasteiger partial charge in [-0.2, -0.15) is 0 Å². The van der Waals surface area contributed by atoms with E-state index in [2.05, 4.69) is 10.3 Å². The molecule has 1 atom stereocenters. The van der Waals surface area contributed by atoms with Crippen LogP contribution in [-0.2, 0) is 0 Å². The molecule has 1 aromatic rings. The van der Waals surface area contributed by atoms with Crippen molar-refractivity contribution >= 4 is 5.69 Å².